The van der Waals surface area contributed by atoms with Crippen molar-refractivity contribution in [1.29, 1.82) is 0 Å². The molecule has 0 saturated heterocycles. The largest absolute Gasteiger partial charge is 0.384 e. The van der Waals surface area contributed by atoms with Crippen molar-refractivity contribution in [3.63, 3.8) is 0 Å². The van der Waals surface area contributed by atoms with E-state index in [1.54, 1.807) is 6.20 Å². The number of benzene rings is 1. The van der Waals surface area contributed by atoms with E-state index in [9.17, 15) is 5.11 Å². The second-order valence-electron chi connectivity index (χ2n) is 4.44. The molecule has 2 rings (SSSR count). The number of aliphatic hydroxyl groups is 1. The summed E-state index contributed by atoms with van der Waals surface area (Å²) in [5.74, 6) is 0. The molecule has 3 nitrogen and oxygen atoms in total. The average molecular weight is 309 g/mol. The minimum absolute atomic E-state index is 0.617. The molecule has 4 heteroatoms. The van der Waals surface area contributed by atoms with Crippen molar-refractivity contribution in [2.45, 2.75) is 32.9 Å². The Bertz CT molecular complexity index is 536. The number of halogens is 1. The first-order valence-corrected chi connectivity index (χ1v) is 6.87. The summed E-state index contributed by atoms with van der Waals surface area (Å²) in [5, 5.41) is 14.7. The maximum absolute atomic E-state index is 10.4. The quantitative estimate of drug-likeness (QED) is 0.939. The summed E-state index contributed by atoms with van der Waals surface area (Å²) in [4.78, 5) is 0. The van der Waals surface area contributed by atoms with Gasteiger partial charge in [-0.05, 0) is 36.6 Å². The fourth-order valence-corrected chi connectivity index (χ4v) is 2.34. The maximum Gasteiger partial charge on any atom is 0.107 e. The number of aliphatic hydroxyl groups excluding tert-OH is 1. The fourth-order valence-electron chi connectivity index (χ4n) is 1.96. The van der Waals surface area contributed by atoms with E-state index in [0.717, 1.165) is 34.1 Å². The van der Waals surface area contributed by atoms with Gasteiger partial charge in [0.2, 0.25) is 0 Å². The van der Waals surface area contributed by atoms with Gasteiger partial charge in [-0.3, -0.25) is 4.68 Å². The van der Waals surface area contributed by atoms with Gasteiger partial charge in [0.15, 0.2) is 0 Å². The third-order valence-corrected chi connectivity index (χ3v) is 3.45. The molecule has 1 aromatic carbocycles. The Hall–Kier alpha value is -1.13. The topological polar surface area (TPSA) is 38.0 Å². The van der Waals surface area contributed by atoms with Gasteiger partial charge in [0.25, 0.3) is 0 Å². The molecule has 1 atom stereocenters. The molecule has 0 radical (unpaired) electrons. The van der Waals surface area contributed by atoms with Gasteiger partial charge in [0, 0.05) is 22.8 Å². The van der Waals surface area contributed by atoms with Crippen LogP contribution in [0.5, 0.6) is 0 Å². The van der Waals surface area contributed by atoms with Crippen LogP contribution in [-0.4, -0.2) is 14.9 Å². The van der Waals surface area contributed by atoms with Gasteiger partial charge in [0.1, 0.15) is 6.10 Å². The van der Waals surface area contributed by atoms with Gasteiger partial charge in [-0.2, -0.15) is 5.10 Å². The van der Waals surface area contributed by atoms with Crippen molar-refractivity contribution in [2.75, 3.05) is 0 Å². The number of nitrogens with zero attached hydrogens (tertiary/aromatic N) is 2. The van der Waals surface area contributed by atoms with Crippen LogP contribution < -0.4 is 0 Å². The molecule has 0 fully saturated rings. The second kappa shape index (κ2) is 5.67. The zero-order chi connectivity index (χ0) is 13.1. The molecular weight excluding hydrogens is 292 g/mol. The average Bonchev–Trinajstić information content (AvgIpc) is 2.80. The van der Waals surface area contributed by atoms with E-state index < -0.39 is 6.10 Å². The molecule has 1 heterocycles. The van der Waals surface area contributed by atoms with Crippen LogP contribution in [0.25, 0.3) is 0 Å². The van der Waals surface area contributed by atoms with Gasteiger partial charge < -0.3 is 5.11 Å². The summed E-state index contributed by atoms with van der Waals surface area (Å²) >= 11 is 3.44. The van der Waals surface area contributed by atoms with Gasteiger partial charge >= 0.3 is 0 Å². The summed E-state index contributed by atoms with van der Waals surface area (Å²) in [6, 6.07) is 5.93. The highest BCUT2D eigenvalue weighted by molar-refractivity contribution is 9.10. The molecule has 0 aliphatic rings. The van der Waals surface area contributed by atoms with Crippen LogP contribution in [0.15, 0.2) is 35.1 Å². The van der Waals surface area contributed by atoms with Crippen LogP contribution in [0.3, 0.4) is 0 Å². The first-order chi connectivity index (χ1) is 8.61. The fraction of sp³-hybridized carbons (Fsp3) is 0.357. The number of rotatable bonds is 4. The minimum atomic E-state index is -0.617. The SMILES string of the molecule is CCCn1cc(C(O)c2cc(Br)ccc2C)cn1. The molecule has 1 aromatic heterocycles. The summed E-state index contributed by atoms with van der Waals surface area (Å²) in [5.41, 5.74) is 2.83. The Kier molecular flexibility index (Phi) is 4.19. The predicted octanol–water partition coefficient (Wildman–Crippen LogP) is 3.45. The molecule has 96 valence electrons. The molecule has 0 aliphatic heterocycles. The van der Waals surface area contributed by atoms with Crippen molar-refractivity contribution < 1.29 is 5.11 Å². The van der Waals surface area contributed by atoms with Gasteiger partial charge in [-0.1, -0.05) is 28.9 Å². The minimum Gasteiger partial charge on any atom is -0.384 e. The Labute approximate surface area is 116 Å². The standard InChI is InChI=1S/C14H17BrN2O/c1-3-6-17-9-11(8-16-17)14(18)13-7-12(15)5-4-10(13)2/h4-5,7-9,14,18H,3,6H2,1-2H3. The highest BCUT2D eigenvalue weighted by atomic mass is 79.9. The van der Waals surface area contributed by atoms with Crippen LogP contribution >= 0.6 is 15.9 Å². The lowest BCUT2D eigenvalue weighted by atomic mass is 10.00. The molecule has 1 unspecified atom stereocenters. The predicted molar refractivity (Wildman–Crippen MR) is 75.5 cm³/mol. The van der Waals surface area contributed by atoms with Crippen molar-refractivity contribution in [3.05, 3.63) is 51.8 Å². The number of aromatic nitrogens is 2. The van der Waals surface area contributed by atoms with E-state index in [0.29, 0.717) is 0 Å². The summed E-state index contributed by atoms with van der Waals surface area (Å²) in [6.07, 6.45) is 4.07. The van der Waals surface area contributed by atoms with Crippen LogP contribution in [0.1, 0.15) is 36.1 Å². The van der Waals surface area contributed by atoms with Crippen LogP contribution in [0, 0.1) is 6.92 Å². The summed E-state index contributed by atoms with van der Waals surface area (Å²) in [6.45, 7) is 4.99. The molecular formula is C14H17BrN2O. The third kappa shape index (κ3) is 2.82. The summed E-state index contributed by atoms with van der Waals surface area (Å²) in [7, 11) is 0. The third-order valence-electron chi connectivity index (χ3n) is 2.96. The zero-order valence-corrected chi connectivity index (χ0v) is 12.2. The monoisotopic (exact) mass is 308 g/mol. The molecule has 0 aliphatic carbocycles. The Balaban J connectivity index is 2.29. The lowest BCUT2D eigenvalue weighted by molar-refractivity contribution is 0.219. The first kappa shape index (κ1) is 13.3. The normalized spacial score (nSPS) is 12.7. The number of hydrogen-bond acceptors (Lipinski definition) is 2. The highest BCUT2D eigenvalue weighted by Gasteiger charge is 2.15. The van der Waals surface area contributed by atoms with Crippen molar-refractivity contribution >= 4 is 15.9 Å². The smallest absolute Gasteiger partial charge is 0.107 e. The van der Waals surface area contributed by atoms with Crippen LogP contribution in [-0.2, 0) is 6.54 Å². The Morgan fingerprint density at radius 3 is 2.94 bits per heavy atom. The molecule has 18 heavy (non-hydrogen) atoms. The second-order valence-corrected chi connectivity index (χ2v) is 5.36. The molecule has 0 saturated carbocycles. The van der Waals surface area contributed by atoms with Gasteiger partial charge in [-0.15, -0.1) is 0 Å². The molecule has 1 N–H and O–H groups in total. The molecule has 0 amide bonds. The highest BCUT2D eigenvalue weighted by Crippen LogP contribution is 2.27. The van der Waals surface area contributed by atoms with Crippen LogP contribution in [0.4, 0.5) is 0 Å². The van der Waals surface area contributed by atoms with E-state index in [1.807, 2.05) is 36.0 Å². The van der Waals surface area contributed by atoms with E-state index >= 15 is 0 Å². The molecule has 2 aromatic rings. The van der Waals surface area contributed by atoms with E-state index in [-0.39, 0.29) is 0 Å². The number of aryl methyl sites for hydroxylation is 2. The van der Waals surface area contributed by atoms with E-state index in [1.165, 1.54) is 0 Å². The van der Waals surface area contributed by atoms with Gasteiger partial charge in [-0.25, -0.2) is 0 Å². The van der Waals surface area contributed by atoms with E-state index in [4.69, 9.17) is 0 Å². The first-order valence-electron chi connectivity index (χ1n) is 6.08. The molecule has 0 spiro atoms. The number of hydrogen-bond donors (Lipinski definition) is 1. The Morgan fingerprint density at radius 2 is 2.22 bits per heavy atom. The van der Waals surface area contributed by atoms with Crippen LogP contribution in [0.2, 0.25) is 0 Å². The summed E-state index contributed by atoms with van der Waals surface area (Å²) < 4.78 is 2.84. The van der Waals surface area contributed by atoms with E-state index in [2.05, 4.69) is 28.0 Å². The van der Waals surface area contributed by atoms with Crippen molar-refractivity contribution in [3.8, 4) is 0 Å². The lowest BCUT2D eigenvalue weighted by Crippen LogP contribution is -2.01. The van der Waals surface area contributed by atoms with Gasteiger partial charge in [0.05, 0.1) is 6.20 Å². The van der Waals surface area contributed by atoms with Crippen molar-refractivity contribution in [1.82, 2.24) is 9.78 Å². The maximum atomic E-state index is 10.4. The zero-order valence-electron chi connectivity index (χ0n) is 10.6. The van der Waals surface area contributed by atoms with Crippen molar-refractivity contribution in [2.24, 2.45) is 0 Å². The molecule has 0 bridgehead atoms. The Morgan fingerprint density at radius 1 is 1.44 bits per heavy atom. The lowest BCUT2D eigenvalue weighted by Gasteiger charge is -2.12.